The Balaban J connectivity index is 0.00000161. The van der Waals surface area contributed by atoms with Gasteiger partial charge in [0, 0.05) is 15.1 Å². The van der Waals surface area contributed by atoms with Gasteiger partial charge in [-0.15, -0.1) is 12.4 Å². The van der Waals surface area contributed by atoms with Crippen LogP contribution in [0.3, 0.4) is 0 Å². The Kier molecular flexibility index (Phi) is 6.61. The second-order valence-electron chi connectivity index (χ2n) is 5.71. The quantitative estimate of drug-likeness (QED) is 0.577. The summed E-state index contributed by atoms with van der Waals surface area (Å²) in [6.07, 6.45) is 11.5. The highest BCUT2D eigenvalue weighted by molar-refractivity contribution is 6.39. The second kappa shape index (κ2) is 8.46. The highest BCUT2D eigenvalue weighted by atomic mass is 35.5. The zero-order chi connectivity index (χ0) is 13.6. The topological polar surface area (TPSA) is 29.5 Å². The first-order valence-corrected chi connectivity index (χ1v) is 9.51. The van der Waals surface area contributed by atoms with Gasteiger partial charge in [-0.05, 0) is 62.2 Å². The van der Waals surface area contributed by atoms with Gasteiger partial charge in [0.25, 0.3) is 0 Å². The van der Waals surface area contributed by atoms with Crippen LogP contribution in [0.15, 0.2) is 46.0 Å². The van der Waals surface area contributed by atoms with E-state index in [4.69, 9.17) is 8.83 Å². The molecule has 0 aromatic carbocycles. The first kappa shape index (κ1) is 16.4. The van der Waals surface area contributed by atoms with Crippen molar-refractivity contribution in [2.24, 2.45) is 0 Å². The summed E-state index contributed by atoms with van der Waals surface area (Å²) in [5.74, 6) is 0. The van der Waals surface area contributed by atoms with Crippen LogP contribution in [0.5, 0.6) is 0 Å². The molecule has 1 aliphatic heterocycles. The lowest BCUT2D eigenvalue weighted by Gasteiger charge is -2.16. The van der Waals surface area contributed by atoms with Crippen LogP contribution in [-0.4, -0.2) is 34.1 Å². The molecule has 0 spiro atoms. The summed E-state index contributed by atoms with van der Waals surface area (Å²) in [6.45, 7) is 3.92. The minimum atomic E-state index is -0.197. The molecule has 0 atom stereocenters. The van der Waals surface area contributed by atoms with Crippen molar-refractivity contribution in [1.82, 2.24) is 4.90 Å². The number of hydrogen-bond acceptors (Lipinski definition) is 3. The molecule has 0 radical (unpaired) electrons. The molecule has 116 valence electrons. The van der Waals surface area contributed by atoms with Gasteiger partial charge in [0.1, 0.15) is 0 Å². The lowest BCUT2D eigenvalue weighted by Crippen LogP contribution is -2.21. The normalized spacial score (nSPS) is 16.0. The van der Waals surface area contributed by atoms with Gasteiger partial charge in [-0.1, -0.05) is 6.04 Å². The molecule has 3 rings (SSSR count). The molecule has 1 aliphatic rings. The summed E-state index contributed by atoms with van der Waals surface area (Å²) < 4.78 is 10.5. The number of nitrogens with zero attached hydrogens (tertiary/aromatic N) is 1. The third-order valence-electron chi connectivity index (χ3n) is 4.31. The first-order chi connectivity index (χ1) is 9.93. The molecule has 5 heteroatoms. The lowest BCUT2D eigenvalue weighted by atomic mass is 10.1. The van der Waals surface area contributed by atoms with Gasteiger partial charge in [0.2, 0.25) is 0 Å². The van der Waals surface area contributed by atoms with Crippen LogP contribution in [0.1, 0.15) is 35.9 Å². The molecule has 3 heterocycles. The van der Waals surface area contributed by atoms with Crippen molar-refractivity contribution in [1.29, 1.82) is 0 Å². The van der Waals surface area contributed by atoms with Crippen molar-refractivity contribution in [2.75, 3.05) is 19.6 Å². The molecule has 2 aromatic rings. The molecule has 0 unspecified atom stereocenters. The van der Waals surface area contributed by atoms with Crippen LogP contribution in [-0.2, 0) is 0 Å². The van der Waals surface area contributed by atoms with E-state index in [1.807, 2.05) is 12.5 Å². The van der Waals surface area contributed by atoms with Gasteiger partial charge in [-0.3, -0.25) is 0 Å². The molecule has 1 saturated heterocycles. The summed E-state index contributed by atoms with van der Waals surface area (Å²) in [5, 5.41) is 0. The molecule has 2 aromatic heterocycles. The first-order valence-electron chi connectivity index (χ1n) is 7.70. The van der Waals surface area contributed by atoms with Crippen molar-refractivity contribution in [3.63, 3.8) is 0 Å². The Hall–Kier alpha value is -0.973. The lowest BCUT2D eigenvalue weighted by molar-refractivity contribution is 0.339. The predicted octanol–water partition coefficient (Wildman–Crippen LogP) is 3.46. The van der Waals surface area contributed by atoms with E-state index in [2.05, 4.69) is 17.0 Å². The SMILES string of the molecule is Cl.c1cc(C([SiH2]CCCN2CCCC2)c2ccoc2)co1. The minimum Gasteiger partial charge on any atom is -0.472 e. The fraction of sp³-hybridized carbons (Fsp3) is 0.500. The van der Waals surface area contributed by atoms with E-state index < -0.39 is 0 Å². The summed E-state index contributed by atoms with van der Waals surface area (Å²) in [4.78, 5) is 2.61. The van der Waals surface area contributed by atoms with E-state index in [0.29, 0.717) is 5.54 Å². The predicted molar refractivity (Wildman–Crippen MR) is 90.1 cm³/mol. The van der Waals surface area contributed by atoms with Gasteiger partial charge in [-0.2, -0.15) is 0 Å². The Morgan fingerprint density at radius 1 is 1.05 bits per heavy atom. The Morgan fingerprint density at radius 3 is 2.19 bits per heavy atom. The second-order valence-corrected chi connectivity index (χ2v) is 7.81. The number of hydrogen-bond donors (Lipinski definition) is 0. The Morgan fingerprint density at radius 2 is 1.67 bits per heavy atom. The Bertz CT molecular complexity index is 446. The third kappa shape index (κ3) is 4.50. The fourth-order valence-electron chi connectivity index (χ4n) is 3.16. The zero-order valence-corrected chi connectivity index (χ0v) is 14.6. The van der Waals surface area contributed by atoms with E-state index in [9.17, 15) is 0 Å². The average molecular weight is 326 g/mol. The van der Waals surface area contributed by atoms with E-state index >= 15 is 0 Å². The van der Waals surface area contributed by atoms with Gasteiger partial charge >= 0.3 is 0 Å². The van der Waals surface area contributed by atoms with Gasteiger partial charge in [0.05, 0.1) is 25.1 Å². The molecule has 3 nitrogen and oxygen atoms in total. The van der Waals surface area contributed by atoms with E-state index in [1.54, 1.807) is 12.5 Å². The monoisotopic (exact) mass is 325 g/mol. The summed E-state index contributed by atoms with van der Waals surface area (Å²) in [5.41, 5.74) is 3.18. The van der Waals surface area contributed by atoms with Crippen molar-refractivity contribution in [3.05, 3.63) is 48.3 Å². The summed E-state index contributed by atoms with van der Waals surface area (Å²) in [6, 6.07) is 5.59. The molecular weight excluding hydrogens is 302 g/mol. The molecule has 0 aliphatic carbocycles. The Labute approximate surface area is 134 Å². The molecule has 1 fully saturated rings. The van der Waals surface area contributed by atoms with Crippen LogP contribution in [0.4, 0.5) is 0 Å². The van der Waals surface area contributed by atoms with Crippen LogP contribution in [0.2, 0.25) is 6.04 Å². The van der Waals surface area contributed by atoms with Crippen molar-refractivity contribution in [3.8, 4) is 0 Å². The minimum absolute atomic E-state index is 0. The maximum atomic E-state index is 5.26. The fourth-order valence-corrected chi connectivity index (χ4v) is 5.21. The molecule has 0 bridgehead atoms. The molecular formula is C16H24ClNO2Si. The number of rotatable bonds is 7. The molecule has 0 N–H and O–H groups in total. The van der Waals surface area contributed by atoms with Crippen LogP contribution in [0.25, 0.3) is 0 Å². The van der Waals surface area contributed by atoms with Gasteiger partial charge in [-0.25, -0.2) is 0 Å². The third-order valence-corrected chi connectivity index (χ3v) is 6.74. The standard InChI is InChI=1S/C16H23NO2Si.ClH/c1-2-7-17(6-1)8-3-11-20-16(14-4-9-18-12-14)15-5-10-19-13-15;/h4-5,9-10,12-13,16H,1-3,6-8,11,20H2;1H. The summed E-state index contributed by atoms with van der Waals surface area (Å²) in [7, 11) is -0.197. The van der Waals surface area contributed by atoms with Gasteiger partial charge in [0.15, 0.2) is 0 Å². The number of likely N-dealkylation sites (tertiary alicyclic amines) is 1. The van der Waals surface area contributed by atoms with E-state index in [-0.39, 0.29) is 21.9 Å². The molecule has 21 heavy (non-hydrogen) atoms. The van der Waals surface area contributed by atoms with E-state index in [0.717, 1.165) is 0 Å². The van der Waals surface area contributed by atoms with Crippen molar-refractivity contribution < 1.29 is 8.83 Å². The highest BCUT2D eigenvalue weighted by Crippen LogP contribution is 2.25. The largest absolute Gasteiger partial charge is 0.472 e. The van der Waals surface area contributed by atoms with Crippen molar-refractivity contribution in [2.45, 2.75) is 30.8 Å². The van der Waals surface area contributed by atoms with Crippen LogP contribution in [0, 0.1) is 0 Å². The average Bonchev–Trinajstić information content (AvgIpc) is 3.22. The number of furan rings is 2. The maximum Gasteiger partial charge on any atom is 0.0937 e. The van der Waals surface area contributed by atoms with E-state index in [1.165, 1.54) is 56.1 Å². The van der Waals surface area contributed by atoms with Gasteiger partial charge < -0.3 is 13.7 Å². The van der Waals surface area contributed by atoms with Crippen molar-refractivity contribution >= 4 is 21.9 Å². The maximum absolute atomic E-state index is 5.26. The smallest absolute Gasteiger partial charge is 0.0937 e. The summed E-state index contributed by atoms with van der Waals surface area (Å²) >= 11 is 0. The number of halogens is 1. The zero-order valence-electron chi connectivity index (χ0n) is 12.4. The molecule has 0 amide bonds. The highest BCUT2D eigenvalue weighted by Gasteiger charge is 2.17. The van der Waals surface area contributed by atoms with Crippen LogP contribution >= 0.6 is 12.4 Å². The van der Waals surface area contributed by atoms with Crippen LogP contribution < -0.4 is 0 Å². The molecule has 0 saturated carbocycles.